The van der Waals surface area contributed by atoms with Gasteiger partial charge in [-0.15, -0.1) is 0 Å². The highest BCUT2D eigenvalue weighted by molar-refractivity contribution is 6.02. The van der Waals surface area contributed by atoms with E-state index in [0.717, 1.165) is 6.07 Å². The SMILES string of the molecule is O=C1C[C@H](c2ccc(O)c(O)c2)Oc2cc(O[C@@H]3O[C@H](CO)[C@@H](O)[C@@H](O)[C@H]3O)cc(O)c21. The first-order valence-electron chi connectivity index (χ1n) is 9.75. The van der Waals surface area contributed by atoms with Gasteiger partial charge < -0.3 is 50.0 Å². The van der Waals surface area contributed by atoms with Crippen molar-refractivity contribution in [1.82, 2.24) is 0 Å². The van der Waals surface area contributed by atoms with Gasteiger partial charge in [0.25, 0.3) is 0 Å². The van der Waals surface area contributed by atoms with Crippen LogP contribution >= 0.6 is 0 Å². The second kappa shape index (κ2) is 8.45. The molecule has 0 spiro atoms. The molecule has 0 radical (unpaired) electrons. The Hall–Kier alpha value is -3.09. The summed E-state index contributed by atoms with van der Waals surface area (Å²) in [4.78, 5) is 12.6. The zero-order valence-electron chi connectivity index (χ0n) is 16.5. The van der Waals surface area contributed by atoms with Crippen molar-refractivity contribution < 1.29 is 54.8 Å². The number of benzene rings is 2. The van der Waals surface area contributed by atoms with Gasteiger partial charge in [0.1, 0.15) is 53.3 Å². The Morgan fingerprint density at radius 3 is 2.38 bits per heavy atom. The molecule has 11 nitrogen and oxygen atoms in total. The summed E-state index contributed by atoms with van der Waals surface area (Å²) >= 11 is 0. The van der Waals surface area contributed by atoms with E-state index in [1.807, 2.05) is 0 Å². The Labute approximate surface area is 181 Å². The summed E-state index contributed by atoms with van der Waals surface area (Å²) < 4.78 is 16.6. The van der Waals surface area contributed by atoms with Gasteiger partial charge in [0, 0.05) is 12.1 Å². The number of rotatable bonds is 4. The largest absolute Gasteiger partial charge is 0.507 e. The molecule has 2 aromatic rings. The average Bonchev–Trinajstić information content (AvgIpc) is 2.75. The Morgan fingerprint density at radius 2 is 1.69 bits per heavy atom. The van der Waals surface area contributed by atoms with Crippen LogP contribution in [0.5, 0.6) is 28.7 Å². The first kappa shape index (κ1) is 22.1. The predicted octanol–water partition coefficient (Wildman–Crippen LogP) is -0.311. The highest BCUT2D eigenvalue weighted by Gasteiger charge is 2.45. The number of phenolic OH excluding ortho intramolecular Hbond substituents is 3. The monoisotopic (exact) mass is 450 g/mol. The molecule has 1 saturated heterocycles. The summed E-state index contributed by atoms with van der Waals surface area (Å²) in [6.45, 7) is -0.640. The van der Waals surface area contributed by atoms with Crippen molar-refractivity contribution >= 4 is 5.78 Å². The fourth-order valence-electron chi connectivity index (χ4n) is 3.71. The summed E-state index contributed by atoms with van der Waals surface area (Å²) in [6.07, 6.45) is -8.50. The summed E-state index contributed by atoms with van der Waals surface area (Å²) in [7, 11) is 0. The first-order chi connectivity index (χ1) is 15.2. The number of hydrogen-bond donors (Lipinski definition) is 7. The molecule has 4 rings (SSSR count). The summed E-state index contributed by atoms with van der Waals surface area (Å²) in [6, 6.07) is 6.37. The summed E-state index contributed by atoms with van der Waals surface area (Å²) in [5, 5.41) is 68.8. The van der Waals surface area contributed by atoms with Crippen molar-refractivity contribution in [2.24, 2.45) is 0 Å². The molecule has 0 aliphatic carbocycles. The van der Waals surface area contributed by atoms with Gasteiger partial charge in [-0.25, -0.2) is 0 Å². The van der Waals surface area contributed by atoms with Crippen LogP contribution in [0.2, 0.25) is 0 Å². The smallest absolute Gasteiger partial charge is 0.229 e. The molecule has 2 aromatic carbocycles. The molecule has 0 saturated carbocycles. The van der Waals surface area contributed by atoms with Crippen molar-refractivity contribution in [3.05, 3.63) is 41.5 Å². The number of Topliss-reactive ketones (excluding diaryl/α,β-unsaturated/α-hetero) is 1. The number of carbonyl (C=O) groups excluding carboxylic acids is 1. The third-order valence-corrected chi connectivity index (χ3v) is 5.45. The third-order valence-electron chi connectivity index (χ3n) is 5.45. The van der Waals surface area contributed by atoms with E-state index >= 15 is 0 Å². The molecule has 1 fully saturated rings. The van der Waals surface area contributed by atoms with E-state index in [1.54, 1.807) is 0 Å². The van der Waals surface area contributed by atoms with E-state index in [2.05, 4.69) is 0 Å². The minimum atomic E-state index is -1.67. The van der Waals surface area contributed by atoms with Gasteiger partial charge in [0.2, 0.25) is 6.29 Å². The van der Waals surface area contributed by atoms with Gasteiger partial charge in [-0.3, -0.25) is 4.79 Å². The fourth-order valence-corrected chi connectivity index (χ4v) is 3.71. The van der Waals surface area contributed by atoms with Crippen molar-refractivity contribution in [3.8, 4) is 28.7 Å². The third kappa shape index (κ3) is 3.92. The molecule has 2 aliphatic rings. The predicted molar refractivity (Wildman–Crippen MR) is 105 cm³/mol. The molecule has 2 heterocycles. The lowest BCUT2D eigenvalue weighted by Crippen LogP contribution is -2.60. The number of phenols is 3. The van der Waals surface area contributed by atoms with E-state index in [1.165, 1.54) is 24.3 Å². The lowest BCUT2D eigenvalue weighted by molar-refractivity contribution is -0.277. The molecule has 7 N–H and O–H groups in total. The number of ketones is 1. The number of carbonyl (C=O) groups is 1. The Balaban J connectivity index is 1.60. The number of aliphatic hydroxyl groups excluding tert-OH is 4. The van der Waals surface area contributed by atoms with Gasteiger partial charge in [-0.1, -0.05) is 6.07 Å². The maximum absolute atomic E-state index is 12.6. The lowest BCUT2D eigenvalue weighted by atomic mass is 9.95. The highest BCUT2D eigenvalue weighted by Crippen LogP contribution is 2.43. The standard InChI is InChI=1S/C21H22O11/c22-7-16-18(27)19(28)20(29)21(32-16)30-9-4-12(25)17-13(26)6-14(31-15(17)5-9)8-1-2-10(23)11(24)3-8/h1-5,14,16,18-25,27-29H,6-7H2/t14-,16-,18-,19-,20-,21-/m1/s1. The van der Waals surface area contributed by atoms with Crippen LogP contribution in [-0.4, -0.2) is 78.8 Å². The Kier molecular flexibility index (Phi) is 5.84. The van der Waals surface area contributed by atoms with Crippen LogP contribution in [-0.2, 0) is 4.74 Å². The van der Waals surface area contributed by atoms with Gasteiger partial charge >= 0.3 is 0 Å². The minimum absolute atomic E-state index is 0.0293. The number of aromatic hydroxyl groups is 3. The van der Waals surface area contributed by atoms with E-state index in [9.17, 15) is 40.5 Å². The topological polar surface area (TPSA) is 186 Å². The normalized spacial score (nSPS) is 29.8. The van der Waals surface area contributed by atoms with Gasteiger partial charge in [-0.2, -0.15) is 0 Å². The molecule has 0 unspecified atom stereocenters. The van der Waals surface area contributed by atoms with Crippen molar-refractivity contribution in [1.29, 1.82) is 0 Å². The van der Waals surface area contributed by atoms with Crippen LogP contribution in [0.25, 0.3) is 0 Å². The van der Waals surface area contributed by atoms with Gasteiger partial charge in [0.15, 0.2) is 17.3 Å². The maximum Gasteiger partial charge on any atom is 0.229 e. The van der Waals surface area contributed by atoms with Crippen molar-refractivity contribution in [2.45, 2.75) is 43.2 Å². The Bertz CT molecular complexity index is 1020. The first-order valence-corrected chi connectivity index (χ1v) is 9.75. The molecular formula is C21H22O11. The molecule has 172 valence electrons. The van der Waals surface area contributed by atoms with Crippen molar-refractivity contribution in [3.63, 3.8) is 0 Å². The molecule has 2 aliphatic heterocycles. The molecule has 0 bridgehead atoms. The molecule has 11 heteroatoms. The summed E-state index contributed by atoms with van der Waals surface area (Å²) in [5.74, 6) is -1.69. The van der Waals surface area contributed by atoms with Crippen LogP contribution < -0.4 is 9.47 Å². The lowest BCUT2D eigenvalue weighted by Gasteiger charge is -2.39. The van der Waals surface area contributed by atoms with Crippen LogP contribution in [0, 0.1) is 0 Å². The van der Waals surface area contributed by atoms with Crippen LogP contribution in [0.3, 0.4) is 0 Å². The van der Waals surface area contributed by atoms with E-state index in [0.29, 0.717) is 5.56 Å². The van der Waals surface area contributed by atoms with Crippen LogP contribution in [0.15, 0.2) is 30.3 Å². The Morgan fingerprint density at radius 1 is 0.938 bits per heavy atom. The second-order valence-electron chi connectivity index (χ2n) is 7.61. The number of hydrogen-bond acceptors (Lipinski definition) is 11. The number of fused-ring (bicyclic) bond motifs is 1. The second-order valence-corrected chi connectivity index (χ2v) is 7.61. The average molecular weight is 450 g/mol. The zero-order chi connectivity index (χ0) is 23.2. The molecular weight excluding hydrogens is 428 g/mol. The number of aliphatic hydroxyl groups is 4. The molecule has 6 atom stereocenters. The van der Waals surface area contributed by atoms with E-state index in [-0.39, 0.29) is 35.0 Å². The summed E-state index contributed by atoms with van der Waals surface area (Å²) in [5.41, 5.74) is 0.337. The van der Waals surface area contributed by atoms with Crippen LogP contribution in [0.1, 0.15) is 28.4 Å². The van der Waals surface area contributed by atoms with E-state index in [4.69, 9.17) is 14.2 Å². The van der Waals surface area contributed by atoms with E-state index < -0.39 is 54.9 Å². The van der Waals surface area contributed by atoms with Crippen LogP contribution in [0.4, 0.5) is 0 Å². The fraction of sp³-hybridized carbons (Fsp3) is 0.381. The molecule has 0 aromatic heterocycles. The van der Waals surface area contributed by atoms with Gasteiger partial charge in [-0.05, 0) is 17.7 Å². The highest BCUT2D eigenvalue weighted by atomic mass is 16.7. The quantitative estimate of drug-likeness (QED) is 0.303. The van der Waals surface area contributed by atoms with Crippen molar-refractivity contribution in [2.75, 3.05) is 6.61 Å². The number of ether oxygens (including phenoxy) is 3. The molecule has 32 heavy (non-hydrogen) atoms. The zero-order valence-corrected chi connectivity index (χ0v) is 16.5. The minimum Gasteiger partial charge on any atom is -0.507 e. The maximum atomic E-state index is 12.6. The molecule has 0 amide bonds. The van der Waals surface area contributed by atoms with Gasteiger partial charge in [0.05, 0.1) is 13.0 Å².